The number of piperidine rings is 1. The molecule has 2 aliphatic heterocycles. The first-order valence-electron chi connectivity index (χ1n) is 9.49. The van der Waals surface area contributed by atoms with E-state index in [-0.39, 0.29) is 16.4 Å². The van der Waals surface area contributed by atoms with Crippen molar-refractivity contribution in [3.05, 3.63) is 29.8 Å². The summed E-state index contributed by atoms with van der Waals surface area (Å²) in [6.45, 7) is 4.02. The SMILES string of the molecule is C[C@H](OC(=O)c1ccc(S(=O)(=O)N2CCCCC2)cc1)C(=O)N1CCCC1. The third-order valence-corrected chi connectivity index (χ3v) is 7.01. The number of amides is 1. The van der Waals surface area contributed by atoms with Gasteiger partial charge in [-0.15, -0.1) is 0 Å². The lowest BCUT2D eigenvalue weighted by Gasteiger charge is -2.25. The molecule has 0 bridgehead atoms. The van der Waals surface area contributed by atoms with Crippen LogP contribution in [0.4, 0.5) is 0 Å². The number of hydrogen-bond acceptors (Lipinski definition) is 5. The Balaban J connectivity index is 1.64. The van der Waals surface area contributed by atoms with Gasteiger partial charge in [0.1, 0.15) is 0 Å². The van der Waals surface area contributed by atoms with Gasteiger partial charge in [-0.1, -0.05) is 6.42 Å². The number of hydrogen-bond donors (Lipinski definition) is 0. The van der Waals surface area contributed by atoms with E-state index in [4.69, 9.17) is 4.74 Å². The fourth-order valence-electron chi connectivity index (χ4n) is 3.49. The molecule has 148 valence electrons. The average molecular weight is 394 g/mol. The van der Waals surface area contributed by atoms with Gasteiger partial charge in [0.25, 0.3) is 5.91 Å². The Bertz CT molecular complexity index is 779. The second-order valence-electron chi connectivity index (χ2n) is 7.07. The Morgan fingerprint density at radius 2 is 1.48 bits per heavy atom. The normalized spacial score (nSPS) is 19.7. The van der Waals surface area contributed by atoms with Crippen LogP contribution in [0.3, 0.4) is 0 Å². The molecule has 0 radical (unpaired) electrons. The Kier molecular flexibility index (Phi) is 6.16. The standard InChI is InChI=1S/C19H26N2O5S/c1-15(18(22)20-11-5-6-12-20)26-19(23)16-7-9-17(10-8-16)27(24,25)21-13-3-2-4-14-21/h7-10,15H,2-6,11-14H2,1H3/t15-/m0/s1. The third kappa shape index (κ3) is 4.50. The number of esters is 1. The van der Waals surface area contributed by atoms with E-state index >= 15 is 0 Å². The molecule has 1 atom stereocenters. The van der Waals surface area contributed by atoms with Crippen molar-refractivity contribution in [2.45, 2.75) is 50.0 Å². The molecule has 2 aliphatic rings. The van der Waals surface area contributed by atoms with Crippen LogP contribution in [0.25, 0.3) is 0 Å². The van der Waals surface area contributed by atoms with Crippen LogP contribution < -0.4 is 0 Å². The molecule has 3 rings (SSSR count). The Morgan fingerprint density at radius 1 is 0.926 bits per heavy atom. The molecule has 2 saturated heterocycles. The van der Waals surface area contributed by atoms with Gasteiger partial charge in [-0.2, -0.15) is 4.31 Å². The van der Waals surface area contributed by atoms with Crippen LogP contribution >= 0.6 is 0 Å². The van der Waals surface area contributed by atoms with Gasteiger partial charge in [-0.3, -0.25) is 4.79 Å². The summed E-state index contributed by atoms with van der Waals surface area (Å²) in [6.07, 6.45) is 3.87. The molecule has 1 aromatic carbocycles. The fraction of sp³-hybridized carbons (Fsp3) is 0.579. The number of nitrogens with zero attached hydrogens (tertiary/aromatic N) is 2. The zero-order chi connectivity index (χ0) is 19.4. The monoisotopic (exact) mass is 394 g/mol. The number of carbonyl (C=O) groups is 2. The lowest BCUT2D eigenvalue weighted by molar-refractivity contribution is -0.138. The van der Waals surface area contributed by atoms with Gasteiger partial charge in [-0.05, 0) is 56.9 Å². The molecule has 0 saturated carbocycles. The fourth-order valence-corrected chi connectivity index (χ4v) is 5.01. The van der Waals surface area contributed by atoms with Crippen LogP contribution in [0.2, 0.25) is 0 Å². The molecule has 0 unspecified atom stereocenters. The van der Waals surface area contributed by atoms with Crippen LogP contribution in [0.15, 0.2) is 29.2 Å². The predicted molar refractivity (Wildman–Crippen MR) is 99.7 cm³/mol. The van der Waals surface area contributed by atoms with Crippen LogP contribution in [-0.2, 0) is 19.6 Å². The predicted octanol–water partition coefficient (Wildman–Crippen LogP) is 2.03. The molecular weight excluding hydrogens is 368 g/mol. The number of sulfonamides is 1. The molecule has 1 amide bonds. The largest absolute Gasteiger partial charge is 0.449 e. The van der Waals surface area contributed by atoms with E-state index in [0.717, 1.165) is 32.1 Å². The molecule has 0 aromatic heterocycles. The third-order valence-electron chi connectivity index (χ3n) is 5.09. The first kappa shape index (κ1) is 19.8. The molecule has 1 aromatic rings. The number of rotatable bonds is 5. The van der Waals surface area contributed by atoms with Gasteiger partial charge in [0.15, 0.2) is 6.10 Å². The van der Waals surface area contributed by atoms with E-state index < -0.39 is 22.1 Å². The van der Waals surface area contributed by atoms with Gasteiger partial charge in [0, 0.05) is 26.2 Å². The van der Waals surface area contributed by atoms with Gasteiger partial charge in [0.05, 0.1) is 10.5 Å². The Hall–Kier alpha value is -1.93. The molecule has 2 heterocycles. The summed E-state index contributed by atoms with van der Waals surface area (Å²) in [5.41, 5.74) is 0.230. The van der Waals surface area contributed by atoms with E-state index in [1.807, 2.05) is 0 Å². The van der Waals surface area contributed by atoms with Crippen molar-refractivity contribution in [2.24, 2.45) is 0 Å². The van der Waals surface area contributed by atoms with Crippen molar-refractivity contribution in [1.82, 2.24) is 9.21 Å². The van der Waals surface area contributed by atoms with Crippen molar-refractivity contribution in [3.8, 4) is 0 Å². The maximum atomic E-state index is 12.6. The van der Waals surface area contributed by atoms with Crippen molar-refractivity contribution < 1.29 is 22.7 Å². The number of ether oxygens (including phenoxy) is 1. The molecule has 2 fully saturated rings. The second-order valence-corrected chi connectivity index (χ2v) is 9.01. The first-order chi connectivity index (χ1) is 12.9. The molecule has 0 aliphatic carbocycles. The summed E-state index contributed by atoms with van der Waals surface area (Å²) in [7, 11) is -3.53. The molecule has 0 N–H and O–H groups in total. The van der Waals surface area contributed by atoms with Gasteiger partial charge in [-0.25, -0.2) is 13.2 Å². The summed E-state index contributed by atoms with van der Waals surface area (Å²) in [6, 6.07) is 5.72. The lowest BCUT2D eigenvalue weighted by atomic mass is 10.2. The molecule has 0 spiro atoms. The Morgan fingerprint density at radius 3 is 2.07 bits per heavy atom. The summed E-state index contributed by atoms with van der Waals surface area (Å²) in [4.78, 5) is 26.4. The molecular formula is C19H26N2O5S. The summed E-state index contributed by atoms with van der Waals surface area (Å²) >= 11 is 0. The zero-order valence-electron chi connectivity index (χ0n) is 15.6. The van der Waals surface area contributed by atoms with Crippen molar-refractivity contribution in [2.75, 3.05) is 26.2 Å². The maximum absolute atomic E-state index is 12.6. The minimum atomic E-state index is -3.53. The molecule has 8 heteroatoms. The number of likely N-dealkylation sites (tertiary alicyclic amines) is 1. The van der Waals surface area contributed by atoms with Crippen LogP contribution in [0.1, 0.15) is 49.4 Å². The topological polar surface area (TPSA) is 84.0 Å². The van der Waals surface area contributed by atoms with E-state index in [9.17, 15) is 18.0 Å². The van der Waals surface area contributed by atoms with E-state index in [0.29, 0.717) is 26.2 Å². The van der Waals surface area contributed by atoms with Gasteiger partial charge >= 0.3 is 5.97 Å². The zero-order valence-corrected chi connectivity index (χ0v) is 16.4. The van der Waals surface area contributed by atoms with E-state index in [2.05, 4.69) is 0 Å². The Labute approximate surface area is 160 Å². The second kappa shape index (κ2) is 8.39. The summed E-state index contributed by atoms with van der Waals surface area (Å²) in [5.74, 6) is -0.817. The quantitative estimate of drug-likeness (QED) is 0.714. The van der Waals surface area contributed by atoms with Gasteiger partial charge in [0.2, 0.25) is 10.0 Å². The molecule has 7 nitrogen and oxygen atoms in total. The summed E-state index contributed by atoms with van der Waals surface area (Å²) < 4.78 is 32.0. The van der Waals surface area contributed by atoms with Gasteiger partial charge < -0.3 is 9.64 Å². The minimum absolute atomic E-state index is 0.169. The maximum Gasteiger partial charge on any atom is 0.338 e. The highest BCUT2D eigenvalue weighted by molar-refractivity contribution is 7.89. The number of benzene rings is 1. The van der Waals surface area contributed by atoms with E-state index in [1.165, 1.54) is 28.6 Å². The molecule has 27 heavy (non-hydrogen) atoms. The lowest BCUT2D eigenvalue weighted by Crippen LogP contribution is -2.38. The highest BCUT2D eigenvalue weighted by Gasteiger charge is 2.28. The smallest absolute Gasteiger partial charge is 0.338 e. The van der Waals surface area contributed by atoms with Crippen LogP contribution in [0, 0.1) is 0 Å². The first-order valence-corrected chi connectivity index (χ1v) is 10.9. The van der Waals surface area contributed by atoms with Crippen molar-refractivity contribution in [3.63, 3.8) is 0 Å². The van der Waals surface area contributed by atoms with Crippen LogP contribution in [0.5, 0.6) is 0 Å². The average Bonchev–Trinajstić information content (AvgIpc) is 3.23. The van der Waals surface area contributed by atoms with Crippen LogP contribution in [-0.4, -0.2) is 61.8 Å². The van der Waals surface area contributed by atoms with Crippen molar-refractivity contribution in [1.29, 1.82) is 0 Å². The summed E-state index contributed by atoms with van der Waals surface area (Å²) in [5, 5.41) is 0. The highest BCUT2D eigenvalue weighted by Crippen LogP contribution is 2.21. The minimum Gasteiger partial charge on any atom is -0.449 e. The van der Waals surface area contributed by atoms with E-state index in [1.54, 1.807) is 11.8 Å². The number of carbonyl (C=O) groups excluding carboxylic acids is 2. The highest BCUT2D eigenvalue weighted by atomic mass is 32.2. The van der Waals surface area contributed by atoms with Crippen molar-refractivity contribution >= 4 is 21.9 Å².